The number of hydrogen-bond acceptors (Lipinski definition) is 6. The first-order valence-corrected chi connectivity index (χ1v) is 7.16. The van der Waals surface area contributed by atoms with Gasteiger partial charge in [0.25, 0.3) is 0 Å². The second kappa shape index (κ2) is 6.53. The van der Waals surface area contributed by atoms with Gasteiger partial charge in [0.1, 0.15) is 6.26 Å². The van der Waals surface area contributed by atoms with Gasteiger partial charge in [0.05, 0.1) is 11.8 Å². The summed E-state index contributed by atoms with van der Waals surface area (Å²) >= 11 is 0. The summed E-state index contributed by atoms with van der Waals surface area (Å²) in [6.45, 7) is 1.72. The molecule has 2 aromatic heterocycles. The Morgan fingerprint density at radius 2 is 2.48 bits per heavy atom. The maximum absolute atomic E-state index is 11.8. The van der Waals surface area contributed by atoms with Crippen LogP contribution in [-0.4, -0.2) is 35.2 Å². The molecule has 2 aromatic rings. The first-order valence-electron chi connectivity index (χ1n) is 7.16. The van der Waals surface area contributed by atoms with Gasteiger partial charge in [-0.2, -0.15) is 4.98 Å². The van der Waals surface area contributed by atoms with Crippen LogP contribution in [0.5, 0.6) is 0 Å². The Hall–Kier alpha value is -2.15. The maximum atomic E-state index is 11.8. The molecule has 1 atom stereocenters. The van der Waals surface area contributed by atoms with Crippen molar-refractivity contribution in [3.63, 3.8) is 0 Å². The van der Waals surface area contributed by atoms with Gasteiger partial charge in [-0.15, -0.1) is 0 Å². The Kier molecular flexibility index (Phi) is 4.30. The molecule has 1 amide bonds. The second-order valence-electron chi connectivity index (χ2n) is 5.12. The van der Waals surface area contributed by atoms with Gasteiger partial charge in [-0.1, -0.05) is 5.16 Å². The van der Waals surface area contributed by atoms with Crippen molar-refractivity contribution in [2.75, 3.05) is 13.1 Å². The number of furan rings is 1. The van der Waals surface area contributed by atoms with E-state index < -0.39 is 0 Å². The highest BCUT2D eigenvalue weighted by molar-refractivity contribution is 5.76. The van der Waals surface area contributed by atoms with Crippen LogP contribution in [0.1, 0.15) is 25.2 Å². The molecular weight excluding hydrogens is 272 g/mol. The van der Waals surface area contributed by atoms with Crippen molar-refractivity contribution in [3.8, 4) is 11.4 Å². The van der Waals surface area contributed by atoms with Crippen molar-refractivity contribution in [2.24, 2.45) is 0 Å². The fourth-order valence-electron chi connectivity index (χ4n) is 2.34. The van der Waals surface area contributed by atoms with Crippen molar-refractivity contribution in [2.45, 2.75) is 31.7 Å². The average Bonchev–Trinajstić information content (AvgIpc) is 3.24. The largest absolute Gasteiger partial charge is 0.472 e. The van der Waals surface area contributed by atoms with E-state index in [0.717, 1.165) is 18.5 Å². The minimum Gasteiger partial charge on any atom is -0.472 e. The molecule has 0 aliphatic carbocycles. The van der Waals surface area contributed by atoms with Crippen LogP contribution < -0.4 is 10.6 Å². The SMILES string of the molecule is O=C(CCc1nc(-c2ccoc2)no1)NCC1CCCN1. The molecule has 3 heterocycles. The van der Waals surface area contributed by atoms with E-state index >= 15 is 0 Å². The molecular formula is C14H18N4O3. The highest BCUT2D eigenvalue weighted by Crippen LogP contribution is 2.16. The quantitative estimate of drug-likeness (QED) is 0.828. The zero-order valence-electron chi connectivity index (χ0n) is 11.7. The van der Waals surface area contributed by atoms with E-state index in [1.807, 2.05) is 0 Å². The van der Waals surface area contributed by atoms with Crippen LogP contribution in [0.3, 0.4) is 0 Å². The molecule has 0 aromatic carbocycles. The highest BCUT2D eigenvalue weighted by Gasteiger charge is 2.15. The van der Waals surface area contributed by atoms with Gasteiger partial charge >= 0.3 is 0 Å². The minimum absolute atomic E-state index is 0.00626. The van der Waals surface area contributed by atoms with Crippen LogP contribution in [0.4, 0.5) is 0 Å². The molecule has 1 unspecified atom stereocenters. The third-order valence-electron chi connectivity index (χ3n) is 3.52. The van der Waals surface area contributed by atoms with E-state index in [4.69, 9.17) is 8.94 Å². The molecule has 7 heteroatoms. The maximum Gasteiger partial charge on any atom is 0.227 e. The molecule has 1 aliphatic heterocycles. The predicted molar refractivity (Wildman–Crippen MR) is 74.4 cm³/mol. The Balaban J connectivity index is 1.43. The third kappa shape index (κ3) is 3.69. The zero-order valence-corrected chi connectivity index (χ0v) is 11.7. The summed E-state index contributed by atoms with van der Waals surface area (Å²) in [6.07, 6.45) is 6.19. The standard InChI is InChI=1S/C14H18N4O3/c19-12(16-8-11-2-1-6-15-11)3-4-13-17-14(18-21-13)10-5-7-20-9-10/h5,7,9,11,15H,1-4,6,8H2,(H,16,19). The molecule has 1 aliphatic rings. The Labute approximate surface area is 122 Å². The average molecular weight is 290 g/mol. The number of aryl methyl sites for hydroxylation is 1. The molecule has 0 bridgehead atoms. The van der Waals surface area contributed by atoms with Crippen LogP contribution >= 0.6 is 0 Å². The van der Waals surface area contributed by atoms with E-state index in [1.165, 1.54) is 6.42 Å². The fourth-order valence-corrected chi connectivity index (χ4v) is 2.34. The molecule has 0 spiro atoms. The van der Waals surface area contributed by atoms with Gasteiger partial charge < -0.3 is 19.6 Å². The van der Waals surface area contributed by atoms with Crippen LogP contribution in [-0.2, 0) is 11.2 Å². The molecule has 1 fully saturated rings. The van der Waals surface area contributed by atoms with Crippen molar-refractivity contribution >= 4 is 5.91 Å². The first kappa shape index (κ1) is 13.8. The third-order valence-corrected chi connectivity index (χ3v) is 3.52. The van der Waals surface area contributed by atoms with E-state index in [-0.39, 0.29) is 5.91 Å². The minimum atomic E-state index is 0.00626. The van der Waals surface area contributed by atoms with E-state index in [1.54, 1.807) is 18.6 Å². The second-order valence-corrected chi connectivity index (χ2v) is 5.12. The predicted octanol–water partition coefficient (Wildman–Crippen LogP) is 1.13. The van der Waals surface area contributed by atoms with Gasteiger partial charge in [-0.25, -0.2) is 0 Å². The lowest BCUT2D eigenvalue weighted by molar-refractivity contribution is -0.121. The van der Waals surface area contributed by atoms with Crippen LogP contribution in [0.25, 0.3) is 11.4 Å². The van der Waals surface area contributed by atoms with Gasteiger partial charge in [-0.05, 0) is 25.5 Å². The molecule has 21 heavy (non-hydrogen) atoms. The monoisotopic (exact) mass is 290 g/mol. The van der Waals surface area contributed by atoms with E-state index in [2.05, 4.69) is 20.8 Å². The number of carbonyl (C=O) groups excluding carboxylic acids is 1. The van der Waals surface area contributed by atoms with Crippen molar-refractivity contribution in [1.82, 2.24) is 20.8 Å². The summed E-state index contributed by atoms with van der Waals surface area (Å²) in [7, 11) is 0. The lowest BCUT2D eigenvalue weighted by Crippen LogP contribution is -2.37. The number of hydrogen-bond donors (Lipinski definition) is 2. The molecule has 112 valence electrons. The Morgan fingerprint density at radius 1 is 1.52 bits per heavy atom. The normalized spacial score (nSPS) is 18.0. The highest BCUT2D eigenvalue weighted by atomic mass is 16.5. The summed E-state index contributed by atoms with van der Waals surface area (Å²) in [5.41, 5.74) is 0.766. The molecule has 0 saturated carbocycles. The smallest absolute Gasteiger partial charge is 0.227 e. The summed E-state index contributed by atoms with van der Waals surface area (Å²) in [6, 6.07) is 2.17. The van der Waals surface area contributed by atoms with Gasteiger partial charge in [-0.3, -0.25) is 4.79 Å². The lowest BCUT2D eigenvalue weighted by atomic mass is 10.2. The number of aromatic nitrogens is 2. The topological polar surface area (TPSA) is 93.2 Å². The molecule has 0 radical (unpaired) electrons. The Morgan fingerprint density at radius 3 is 3.24 bits per heavy atom. The number of carbonyl (C=O) groups is 1. The number of nitrogens with zero attached hydrogens (tertiary/aromatic N) is 2. The first-order chi connectivity index (χ1) is 10.3. The summed E-state index contributed by atoms with van der Waals surface area (Å²) in [4.78, 5) is 16.0. The zero-order chi connectivity index (χ0) is 14.5. The summed E-state index contributed by atoms with van der Waals surface area (Å²) < 4.78 is 10.1. The number of nitrogens with one attached hydrogen (secondary N) is 2. The van der Waals surface area contributed by atoms with Gasteiger partial charge in [0.15, 0.2) is 0 Å². The molecule has 7 nitrogen and oxygen atoms in total. The van der Waals surface area contributed by atoms with Crippen LogP contribution in [0, 0.1) is 0 Å². The lowest BCUT2D eigenvalue weighted by Gasteiger charge is -2.10. The van der Waals surface area contributed by atoms with Crippen LogP contribution in [0.15, 0.2) is 27.5 Å². The van der Waals surface area contributed by atoms with Crippen molar-refractivity contribution in [3.05, 3.63) is 24.5 Å². The van der Waals surface area contributed by atoms with Crippen LogP contribution in [0.2, 0.25) is 0 Å². The van der Waals surface area contributed by atoms with E-state index in [0.29, 0.717) is 37.1 Å². The van der Waals surface area contributed by atoms with Gasteiger partial charge in [0, 0.05) is 25.4 Å². The Bertz CT molecular complexity index is 573. The van der Waals surface area contributed by atoms with Gasteiger partial charge in [0.2, 0.25) is 17.6 Å². The van der Waals surface area contributed by atoms with E-state index in [9.17, 15) is 4.79 Å². The van der Waals surface area contributed by atoms with Crippen molar-refractivity contribution in [1.29, 1.82) is 0 Å². The molecule has 2 N–H and O–H groups in total. The number of amides is 1. The summed E-state index contributed by atoms with van der Waals surface area (Å²) in [5.74, 6) is 0.946. The van der Waals surface area contributed by atoms with Crippen molar-refractivity contribution < 1.29 is 13.7 Å². The molecule has 1 saturated heterocycles. The molecule has 3 rings (SSSR count). The fraction of sp³-hybridized carbons (Fsp3) is 0.500. The summed E-state index contributed by atoms with van der Waals surface area (Å²) in [5, 5.41) is 10.1. The number of rotatable bonds is 6.